The van der Waals surface area contributed by atoms with Gasteiger partial charge >= 0.3 is 0 Å². The van der Waals surface area contributed by atoms with Gasteiger partial charge in [0, 0.05) is 6.54 Å². The summed E-state index contributed by atoms with van der Waals surface area (Å²) in [6.45, 7) is 4.14. The average molecular weight is 225 g/mol. The Balaban J connectivity index is 2.11. The van der Waals surface area contributed by atoms with Crippen LogP contribution in [0.1, 0.15) is 23.0 Å². The number of ether oxygens (including phenoxy) is 1. The van der Waals surface area contributed by atoms with E-state index in [4.69, 9.17) is 4.74 Å². The van der Waals surface area contributed by atoms with Crippen molar-refractivity contribution in [3.63, 3.8) is 0 Å². The second-order valence-electron chi connectivity index (χ2n) is 3.61. The molecule has 1 aliphatic rings. The van der Waals surface area contributed by atoms with E-state index in [2.05, 4.69) is 6.92 Å². The summed E-state index contributed by atoms with van der Waals surface area (Å²) in [5.74, 6) is 0.153. The number of rotatable bonds is 2. The van der Waals surface area contributed by atoms with Gasteiger partial charge in [-0.25, -0.2) is 0 Å². The fourth-order valence-electron chi connectivity index (χ4n) is 1.80. The lowest BCUT2D eigenvalue weighted by molar-refractivity contribution is -0.00253. The third kappa shape index (κ3) is 2.21. The van der Waals surface area contributed by atoms with E-state index < -0.39 is 0 Å². The molecule has 2 rings (SSSR count). The number of amides is 1. The Morgan fingerprint density at radius 1 is 1.73 bits per heavy atom. The van der Waals surface area contributed by atoms with Crippen LogP contribution in [0, 0.1) is 0 Å². The van der Waals surface area contributed by atoms with Gasteiger partial charge in [-0.1, -0.05) is 13.0 Å². The van der Waals surface area contributed by atoms with Crippen molar-refractivity contribution in [3.05, 3.63) is 22.4 Å². The third-order valence-electron chi connectivity index (χ3n) is 2.69. The maximum Gasteiger partial charge on any atom is 0.264 e. The molecule has 4 heteroatoms. The van der Waals surface area contributed by atoms with Crippen molar-refractivity contribution in [3.8, 4) is 0 Å². The van der Waals surface area contributed by atoms with E-state index in [0.29, 0.717) is 13.2 Å². The zero-order valence-electron chi connectivity index (χ0n) is 8.81. The standard InChI is InChI=1S/C11H15NO2S/c1-2-9-8-14-6-5-12(9)11(13)10-4-3-7-15-10/h3-4,7,9H,2,5-6,8H2,1H3. The zero-order valence-corrected chi connectivity index (χ0v) is 9.63. The van der Waals surface area contributed by atoms with E-state index in [-0.39, 0.29) is 11.9 Å². The molecule has 0 aromatic carbocycles. The van der Waals surface area contributed by atoms with Gasteiger partial charge in [-0.3, -0.25) is 4.79 Å². The maximum atomic E-state index is 12.1. The first kappa shape index (κ1) is 10.6. The number of morpholine rings is 1. The fraction of sp³-hybridized carbons (Fsp3) is 0.545. The molecule has 82 valence electrons. The highest BCUT2D eigenvalue weighted by Gasteiger charge is 2.26. The summed E-state index contributed by atoms with van der Waals surface area (Å²) in [5, 5.41) is 1.94. The van der Waals surface area contributed by atoms with Crippen LogP contribution in [0.4, 0.5) is 0 Å². The Morgan fingerprint density at radius 3 is 3.27 bits per heavy atom. The van der Waals surface area contributed by atoms with Crippen molar-refractivity contribution in [2.24, 2.45) is 0 Å². The maximum absolute atomic E-state index is 12.1. The van der Waals surface area contributed by atoms with Crippen molar-refractivity contribution >= 4 is 17.2 Å². The first-order valence-electron chi connectivity index (χ1n) is 5.25. The topological polar surface area (TPSA) is 29.5 Å². The van der Waals surface area contributed by atoms with Crippen LogP contribution in [0.25, 0.3) is 0 Å². The van der Waals surface area contributed by atoms with E-state index in [1.54, 1.807) is 0 Å². The number of hydrogen-bond acceptors (Lipinski definition) is 3. The van der Waals surface area contributed by atoms with Gasteiger partial charge in [-0.2, -0.15) is 0 Å². The summed E-state index contributed by atoms with van der Waals surface area (Å²) in [5.41, 5.74) is 0. The Labute approximate surface area is 93.7 Å². The molecule has 0 saturated carbocycles. The number of carbonyl (C=O) groups is 1. The smallest absolute Gasteiger partial charge is 0.264 e. The lowest BCUT2D eigenvalue weighted by Gasteiger charge is -2.34. The SMILES string of the molecule is CCC1COCCN1C(=O)c1cccs1. The van der Waals surface area contributed by atoms with Gasteiger partial charge in [-0.05, 0) is 17.9 Å². The number of carbonyl (C=O) groups excluding carboxylic acids is 1. The molecule has 0 N–H and O–H groups in total. The van der Waals surface area contributed by atoms with Gasteiger partial charge in [0.2, 0.25) is 0 Å². The van der Waals surface area contributed by atoms with Gasteiger partial charge < -0.3 is 9.64 Å². The molecule has 1 aliphatic heterocycles. The molecule has 3 nitrogen and oxygen atoms in total. The Bertz CT molecular complexity index is 323. The number of thiophene rings is 1. The molecule has 0 aliphatic carbocycles. The van der Waals surface area contributed by atoms with Crippen LogP contribution in [-0.2, 0) is 4.74 Å². The second kappa shape index (κ2) is 4.77. The third-order valence-corrected chi connectivity index (χ3v) is 3.55. The van der Waals surface area contributed by atoms with Crippen LogP contribution < -0.4 is 0 Å². The first-order chi connectivity index (χ1) is 7.33. The van der Waals surface area contributed by atoms with E-state index in [0.717, 1.165) is 17.8 Å². The summed E-state index contributed by atoms with van der Waals surface area (Å²) >= 11 is 1.51. The van der Waals surface area contributed by atoms with E-state index in [9.17, 15) is 4.79 Å². The van der Waals surface area contributed by atoms with Crippen LogP contribution >= 0.6 is 11.3 Å². The number of hydrogen-bond donors (Lipinski definition) is 0. The zero-order chi connectivity index (χ0) is 10.7. The number of nitrogens with zero attached hydrogens (tertiary/aromatic N) is 1. The minimum absolute atomic E-state index is 0.153. The predicted octanol–water partition coefficient (Wildman–Crippen LogP) is 2.00. The van der Waals surface area contributed by atoms with Gasteiger partial charge in [0.15, 0.2) is 0 Å². The van der Waals surface area contributed by atoms with Gasteiger partial charge in [0.1, 0.15) is 0 Å². The normalized spacial score (nSPS) is 21.7. The molecular formula is C11H15NO2S. The van der Waals surface area contributed by atoms with Crippen LogP contribution in [0.15, 0.2) is 17.5 Å². The fourth-order valence-corrected chi connectivity index (χ4v) is 2.48. The predicted molar refractivity (Wildman–Crippen MR) is 60.3 cm³/mol. The quantitative estimate of drug-likeness (QED) is 0.770. The van der Waals surface area contributed by atoms with Crippen molar-refractivity contribution < 1.29 is 9.53 Å². The van der Waals surface area contributed by atoms with E-state index >= 15 is 0 Å². The van der Waals surface area contributed by atoms with Crippen LogP contribution in [0.2, 0.25) is 0 Å². The highest BCUT2D eigenvalue weighted by Crippen LogP contribution is 2.17. The summed E-state index contributed by atoms with van der Waals surface area (Å²) in [6.07, 6.45) is 0.955. The summed E-state index contributed by atoms with van der Waals surface area (Å²) in [6, 6.07) is 4.04. The minimum atomic E-state index is 0.153. The lowest BCUT2D eigenvalue weighted by Crippen LogP contribution is -2.48. The molecule has 0 bridgehead atoms. The Hall–Kier alpha value is -0.870. The van der Waals surface area contributed by atoms with E-state index in [1.165, 1.54) is 11.3 Å². The Kier molecular flexibility index (Phi) is 3.38. The molecule has 0 radical (unpaired) electrons. The van der Waals surface area contributed by atoms with E-state index in [1.807, 2.05) is 22.4 Å². The average Bonchev–Trinajstić information content (AvgIpc) is 2.81. The second-order valence-corrected chi connectivity index (χ2v) is 4.56. The van der Waals surface area contributed by atoms with Gasteiger partial charge in [-0.15, -0.1) is 11.3 Å². The molecule has 1 fully saturated rings. The van der Waals surface area contributed by atoms with Crippen molar-refractivity contribution in [2.45, 2.75) is 19.4 Å². The highest BCUT2D eigenvalue weighted by molar-refractivity contribution is 7.12. The van der Waals surface area contributed by atoms with Crippen molar-refractivity contribution in [1.29, 1.82) is 0 Å². The van der Waals surface area contributed by atoms with Crippen molar-refractivity contribution in [1.82, 2.24) is 4.90 Å². The minimum Gasteiger partial charge on any atom is -0.377 e. The largest absolute Gasteiger partial charge is 0.377 e. The highest BCUT2D eigenvalue weighted by atomic mass is 32.1. The summed E-state index contributed by atoms with van der Waals surface area (Å²) in [4.78, 5) is 14.9. The van der Waals surface area contributed by atoms with Crippen LogP contribution in [0.5, 0.6) is 0 Å². The monoisotopic (exact) mass is 225 g/mol. The molecule has 1 saturated heterocycles. The molecular weight excluding hydrogens is 210 g/mol. The lowest BCUT2D eigenvalue weighted by atomic mass is 10.1. The Morgan fingerprint density at radius 2 is 2.60 bits per heavy atom. The molecule has 2 heterocycles. The molecule has 1 atom stereocenters. The summed E-state index contributed by atoms with van der Waals surface area (Å²) < 4.78 is 5.38. The molecule has 1 amide bonds. The van der Waals surface area contributed by atoms with Crippen molar-refractivity contribution in [2.75, 3.05) is 19.8 Å². The molecule has 1 aromatic heterocycles. The molecule has 1 aromatic rings. The first-order valence-corrected chi connectivity index (χ1v) is 6.13. The van der Waals surface area contributed by atoms with Crippen LogP contribution in [0.3, 0.4) is 0 Å². The van der Waals surface area contributed by atoms with Crippen LogP contribution in [-0.4, -0.2) is 36.6 Å². The van der Waals surface area contributed by atoms with Gasteiger partial charge in [0.05, 0.1) is 24.1 Å². The molecule has 15 heavy (non-hydrogen) atoms. The van der Waals surface area contributed by atoms with Gasteiger partial charge in [0.25, 0.3) is 5.91 Å². The summed E-state index contributed by atoms with van der Waals surface area (Å²) in [7, 11) is 0. The molecule has 0 spiro atoms. The molecule has 1 unspecified atom stereocenters.